The zero-order chi connectivity index (χ0) is 17.3. The van der Waals surface area contributed by atoms with Crippen molar-refractivity contribution >= 4 is 11.7 Å². The average Bonchev–Trinajstić information content (AvgIpc) is 2.89. The molecular formula is C21H31NO2. The summed E-state index contributed by atoms with van der Waals surface area (Å²) in [5.74, 6) is 3.01. The van der Waals surface area contributed by atoms with E-state index in [0.29, 0.717) is 30.0 Å². The zero-order valence-corrected chi connectivity index (χ0v) is 15.6. The second kappa shape index (κ2) is 5.19. The van der Waals surface area contributed by atoms with Crippen molar-refractivity contribution in [2.45, 2.75) is 65.7 Å². The molecule has 4 aliphatic rings. The second-order valence-corrected chi connectivity index (χ2v) is 9.36. The van der Waals surface area contributed by atoms with Gasteiger partial charge in [-0.1, -0.05) is 19.9 Å². The Bertz CT molecular complexity index is 623. The van der Waals surface area contributed by atoms with Crippen LogP contribution in [0.3, 0.4) is 0 Å². The number of carbonyl (C=O) groups is 2. The fourth-order valence-corrected chi connectivity index (χ4v) is 7.25. The van der Waals surface area contributed by atoms with E-state index in [0.717, 1.165) is 19.3 Å². The number of hydrogen-bond donors (Lipinski definition) is 0. The standard InChI is InChI=1S/C21H31NO2/c1-13(23)15-6-7-16-14-5-8-18-21(3,12-10-19(24)22(18)4)17(14)9-11-20(15,16)2/h8,14-17H,5-7,9-12H2,1-4H3/t14-,15-,16-,17-,20-,21-/m1/s1. The van der Waals surface area contributed by atoms with Crippen LogP contribution in [0.2, 0.25) is 0 Å². The average molecular weight is 329 g/mol. The molecule has 0 bridgehead atoms. The molecule has 24 heavy (non-hydrogen) atoms. The summed E-state index contributed by atoms with van der Waals surface area (Å²) in [6, 6.07) is 0. The van der Waals surface area contributed by atoms with Crippen LogP contribution in [0, 0.1) is 34.5 Å². The summed E-state index contributed by atoms with van der Waals surface area (Å²) >= 11 is 0. The first-order chi connectivity index (χ1) is 11.3. The van der Waals surface area contributed by atoms with Gasteiger partial charge in [-0.3, -0.25) is 9.59 Å². The Balaban J connectivity index is 1.69. The van der Waals surface area contributed by atoms with Crippen molar-refractivity contribution in [1.29, 1.82) is 0 Å². The van der Waals surface area contributed by atoms with Crippen molar-refractivity contribution in [3.63, 3.8) is 0 Å². The number of carbonyl (C=O) groups excluding carboxylic acids is 2. The molecule has 0 aromatic rings. The van der Waals surface area contributed by atoms with Crippen LogP contribution in [0.15, 0.2) is 11.8 Å². The lowest BCUT2D eigenvalue weighted by molar-refractivity contribution is -0.137. The Morgan fingerprint density at radius 1 is 1.17 bits per heavy atom. The van der Waals surface area contributed by atoms with Crippen molar-refractivity contribution < 1.29 is 9.59 Å². The van der Waals surface area contributed by atoms with Crippen molar-refractivity contribution in [3.05, 3.63) is 11.8 Å². The molecule has 3 heteroatoms. The molecular weight excluding hydrogens is 298 g/mol. The van der Waals surface area contributed by atoms with E-state index in [1.54, 1.807) is 6.92 Å². The van der Waals surface area contributed by atoms with E-state index >= 15 is 0 Å². The Kier molecular flexibility index (Phi) is 3.54. The van der Waals surface area contributed by atoms with E-state index in [4.69, 9.17) is 0 Å². The molecule has 4 rings (SSSR count). The topological polar surface area (TPSA) is 37.4 Å². The maximum atomic E-state index is 12.2. The number of Topliss-reactive ketones (excluding diaryl/α,β-unsaturated/α-hetero) is 1. The molecule has 0 N–H and O–H groups in total. The van der Waals surface area contributed by atoms with Gasteiger partial charge in [-0.15, -0.1) is 0 Å². The minimum atomic E-state index is 0.154. The normalized spacial score (nSPS) is 47.6. The first kappa shape index (κ1) is 16.4. The van der Waals surface area contributed by atoms with Crippen LogP contribution in [0.25, 0.3) is 0 Å². The smallest absolute Gasteiger partial charge is 0.226 e. The first-order valence-electron chi connectivity index (χ1n) is 9.76. The number of amides is 1. The number of rotatable bonds is 1. The number of ketones is 1. The summed E-state index contributed by atoms with van der Waals surface area (Å²) in [6.45, 7) is 6.59. The van der Waals surface area contributed by atoms with Gasteiger partial charge in [0.15, 0.2) is 0 Å². The molecule has 1 saturated heterocycles. The maximum Gasteiger partial charge on any atom is 0.226 e. The highest BCUT2D eigenvalue weighted by atomic mass is 16.2. The lowest BCUT2D eigenvalue weighted by Gasteiger charge is -2.58. The van der Waals surface area contributed by atoms with Crippen molar-refractivity contribution in [2.24, 2.45) is 34.5 Å². The largest absolute Gasteiger partial charge is 0.319 e. The summed E-state index contributed by atoms with van der Waals surface area (Å²) in [5.41, 5.74) is 1.65. The predicted octanol–water partition coefficient (Wildman–Crippen LogP) is 4.18. The quantitative estimate of drug-likeness (QED) is 0.724. The molecule has 1 aliphatic heterocycles. The Morgan fingerprint density at radius 3 is 2.62 bits per heavy atom. The van der Waals surface area contributed by atoms with Crippen LogP contribution >= 0.6 is 0 Å². The van der Waals surface area contributed by atoms with Crippen LogP contribution < -0.4 is 0 Å². The van der Waals surface area contributed by atoms with E-state index in [9.17, 15) is 9.59 Å². The fraction of sp³-hybridized carbons (Fsp3) is 0.810. The molecule has 1 heterocycles. The summed E-state index contributed by atoms with van der Waals surface area (Å²) in [7, 11) is 1.96. The van der Waals surface area contributed by atoms with Gasteiger partial charge in [0.25, 0.3) is 0 Å². The van der Waals surface area contributed by atoms with E-state index in [2.05, 4.69) is 19.9 Å². The summed E-state index contributed by atoms with van der Waals surface area (Å²) in [6.07, 6.45) is 9.86. The Hall–Kier alpha value is -1.12. The molecule has 3 nitrogen and oxygen atoms in total. The number of hydrogen-bond acceptors (Lipinski definition) is 2. The third kappa shape index (κ3) is 1.96. The van der Waals surface area contributed by atoms with Crippen LogP contribution in [0.1, 0.15) is 65.7 Å². The number of allylic oxidation sites excluding steroid dienone is 2. The molecule has 6 atom stereocenters. The van der Waals surface area contributed by atoms with E-state index in [1.165, 1.54) is 25.0 Å². The van der Waals surface area contributed by atoms with E-state index in [-0.39, 0.29) is 22.7 Å². The van der Waals surface area contributed by atoms with Gasteiger partial charge < -0.3 is 4.90 Å². The lowest BCUT2D eigenvalue weighted by Crippen LogP contribution is -2.53. The van der Waals surface area contributed by atoms with Gasteiger partial charge in [0, 0.05) is 30.5 Å². The minimum Gasteiger partial charge on any atom is -0.319 e. The van der Waals surface area contributed by atoms with Gasteiger partial charge in [-0.2, -0.15) is 0 Å². The highest BCUT2D eigenvalue weighted by molar-refractivity contribution is 5.80. The van der Waals surface area contributed by atoms with Crippen LogP contribution in [-0.4, -0.2) is 23.6 Å². The molecule has 0 radical (unpaired) electrons. The second-order valence-electron chi connectivity index (χ2n) is 9.36. The third-order valence-corrected chi connectivity index (χ3v) is 8.51. The minimum absolute atomic E-state index is 0.154. The van der Waals surface area contributed by atoms with Crippen LogP contribution in [-0.2, 0) is 9.59 Å². The third-order valence-electron chi connectivity index (χ3n) is 8.51. The van der Waals surface area contributed by atoms with Crippen molar-refractivity contribution in [2.75, 3.05) is 7.05 Å². The van der Waals surface area contributed by atoms with E-state index < -0.39 is 0 Å². The summed E-state index contributed by atoms with van der Waals surface area (Å²) < 4.78 is 0. The molecule has 0 unspecified atom stereocenters. The van der Waals surface area contributed by atoms with Gasteiger partial charge in [0.05, 0.1) is 0 Å². The predicted molar refractivity (Wildman–Crippen MR) is 94.0 cm³/mol. The highest BCUT2D eigenvalue weighted by Crippen LogP contribution is 2.65. The fourth-order valence-electron chi connectivity index (χ4n) is 7.25. The molecule has 3 aliphatic carbocycles. The molecule has 132 valence electrons. The highest BCUT2D eigenvalue weighted by Gasteiger charge is 2.60. The molecule has 0 aromatic carbocycles. The van der Waals surface area contributed by atoms with Gasteiger partial charge in [-0.25, -0.2) is 0 Å². The van der Waals surface area contributed by atoms with Crippen LogP contribution in [0.4, 0.5) is 0 Å². The number of likely N-dealkylation sites (tertiary alicyclic amines) is 1. The van der Waals surface area contributed by atoms with E-state index in [1.807, 2.05) is 11.9 Å². The number of nitrogens with zero attached hydrogens (tertiary/aromatic N) is 1. The lowest BCUT2D eigenvalue weighted by atomic mass is 9.49. The summed E-state index contributed by atoms with van der Waals surface area (Å²) in [4.78, 5) is 26.3. The molecule has 2 saturated carbocycles. The Labute approximate surface area is 145 Å². The Morgan fingerprint density at radius 2 is 1.92 bits per heavy atom. The molecule has 0 spiro atoms. The molecule has 3 fully saturated rings. The SMILES string of the molecule is CC(=O)[C@H]1CC[C@@H]2[C@H]3CC=C4N(C)C(=O)CC[C@]4(C)[C@@H]3CC[C@]12C. The van der Waals surface area contributed by atoms with Gasteiger partial charge in [0.1, 0.15) is 5.78 Å². The molecule has 1 amide bonds. The monoisotopic (exact) mass is 329 g/mol. The number of piperidine rings is 1. The maximum absolute atomic E-state index is 12.2. The van der Waals surface area contributed by atoms with Crippen LogP contribution in [0.5, 0.6) is 0 Å². The van der Waals surface area contributed by atoms with Crippen molar-refractivity contribution in [1.82, 2.24) is 4.90 Å². The molecule has 0 aromatic heterocycles. The summed E-state index contributed by atoms with van der Waals surface area (Å²) in [5, 5.41) is 0. The first-order valence-corrected chi connectivity index (χ1v) is 9.76. The zero-order valence-electron chi connectivity index (χ0n) is 15.6. The van der Waals surface area contributed by atoms with Gasteiger partial charge >= 0.3 is 0 Å². The van der Waals surface area contributed by atoms with Crippen molar-refractivity contribution in [3.8, 4) is 0 Å². The number of fused-ring (bicyclic) bond motifs is 5. The van der Waals surface area contributed by atoms with Gasteiger partial charge in [0.2, 0.25) is 5.91 Å². The van der Waals surface area contributed by atoms with Gasteiger partial charge in [-0.05, 0) is 68.6 Å².